The Bertz CT molecular complexity index is 422. The summed E-state index contributed by atoms with van der Waals surface area (Å²) >= 11 is 0. The number of benzene rings is 1. The van der Waals surface area contributed by atoms with Crippen LogP contribution in [0, 0.1) is 0 Å². The number of para-hydroxylation sites is 2. The van der Waals surface area contributed by atoms with Crippen LogP contribution in [-0.2, 0) is 4.79 Å². The van der Waals surface area contributed by atoms with Crippen molar-refractivity contribution >= 4 is 5.97 Å². The predicted octanol–water partition coefficient (Wildman–Crippen LogP) is 1.92. The van der Waals surface area contributed by atoms with Crippen molar-refractivity contribution in [1.82, 2.24) is 5.32 Å². The molecule has 1 rings (SSSR count). The Kier molecular flexibility index (Phi) is 5.63. The molecule has 0 spiro atoms. The molecule has 0 saturated carbocycles. The van der Waals surface area contributed by atoms with E-state index in [1.54, 1.807) is 14.0 Å². The molecule has 0 aliphatic carbocycles. The van der Waals surface area contributed by atoms with Gasteiger partial charge in [-0.05, 0) is 33.0 Å². The van der Waals surface area contributed by atoms with Crippen LogP contribution in [0.15, 0.2) is 24.3 Å². The standard InChI is InChI=1S/C14H21NO4/c1-4-18-11-7-5-6-8-12(11)19-10-9-14(2,15-3)13(16)17/h5-8,15H,4,9-10H2,1-3H3,(H,16,17). The largest absolute Gasteiger partial charge is 0.490 e. The van der Waals surface area contributed by atoms with Gasteiger partial charge in [0.15, 0.2) is 11.5 Å². The number of rotatable bonds is 8. The molecule has 0 amide bonds. The molecule has 0 aliphatic heterocycles. The average molecular weight is 267 g/mol. The van der Waals surface area contributed by atoms with Gasteiger partial charge in [0.1, 0.15) is 5.54 Å². The fourth-order valence-corrected chi connectivity index (χ4v) is 1.55. The summed E-state index contributed by atoms with van der Waals surface area (Å²) < 4.78 is 11.0. The van der Waals surface area contributed by atoms with Gasteiger partial charge < -0.3 is 19.9 Å². The second-order valence-electron chi connectivity index (χ2n) is 4.37. The summed E-state index contributed by atoms with van der Waals surface area (Å²) in [6.45, 7) is 4.39. The van der Waals surface area contributed by atoms with Gasteiger partial charge in [-0.25, -0.2) is 0 Å². The molecule has 0 saturated heterocycles. The fraction of sp³-hybridized carbons (Fsp3) is 0.500. The van der Waals surface area contributed by atoms with Crippen LogP contribution in [0.4, 0.5) is 0 Å². The quantitative estimate of drug-likeness (QED) is 0.753. The Morgan fingerprint density at radius 1 is 1.32 bits per heavy atom. The third-order valence-corrected chi connectivity index (χ3v) is 3.03. The summed E-state index contributed by atoms with van der Waals surface area (Å²) in [5.41, 5.74) is -0.986. The molecule has 19 heavy (non-hydrogen) atoms. The first-order valence-corrected chi connectivity index (χ1v) is 6.30. The van der Waals surface area contributed by atoms with Crippen LogP contribution in [0.3, 0.4) is 0 Å². The molecule has 1 unspecified atom stereocenters. The average Bonchev–Trinajstić information content (AvgIpc) is 2.40. The SMILES string of the molecule is CCOc1ccccc1OCCC(C)(NC)C(=O)O. The smallest absolute Gasteiger partial charge is 0.323 e. The first-order valence-electron chi connectivity index (χ1n) is 6.30. The van der Waals surface area contributed by atoms with E-state index in [-0.39, 0.29) is 0 Å². The molecule has 0 fully saturated rings. The molecule has 0 radical (unpaired) electrons. The van der Waals surface area contributed by atoms with Crippen molar-refractivity contribution in [2.45, 2.75) is 25.8 Å². The zero-order chi connectivity index (χ0) is 14.3. The van der Waals surface area contributed by atoms with Gasteiger partial charge in [-0.15, -0.1) is 0 Å². The van der Waals surface area contributed by atoms with Gasteiger partial charge in [-0.1, -0.05) is 12.1 Å². The maximum absolute atomic E-state index is 11.1. The van der Waals surface area contributed by atoms with Crippen molar-refractivity contribution in [3.63, 3.8) is 0 Å². The predicted molar refractivity (Wildman–Crippen MR) is 72.8 cm³/mol. The Balaban J connectivity index is 2.60. The zero-order valence-electron chi connectivity index (χ0n) is 11.6. The van der Waals surface area contributed by atoms with E-state index >= 15 is 0 Å². The van der Waals surface area contributed by atoms with Gasteiger partial charge in [0.25, 0.3) is 0 Å². The zero-order valence-corrected chi connectivity index (χ0v) is 11.6. The molecule has 5 nitrogen and oxygen atoms in total. The first-order chi connectivity index (χ1) is 9.03. The highest BCUT2D eigenvalue weighted by Crippen LogP contribution is 2.26. The third-order valence-electron chi connectivity index (χ3n) is 3.03. The van der Waals surface area contributed by atoms with E-state index in [0.29, 0.717) is 31.1 Å². The molecule has 1 aromatic rings. The highest BCUT2D eigenvalue weighted by atomic mass is 16.5. The fourth-order valence-electron chi connectivity index (χ4n) is 1.55. The van der Waals surface area contributed by atoms with Gasteiger partial charge in [-0.2, -0.15) is 0 Å². The number of hydrogen-bond acceptors (Lipinski definition) is 4. The van der Waals surface area contributed by atoms with E-state index in [1.165, 1.54) is 0 Å². The number of nitrogens with one attached hydrogen (secondary N) is 1. The number of carbonyl (C=O) groups is 1. The maximum Gasteiger partial charge on any atom is 0.323 e. The summed E-state index contributed by atoms with van der Waals surface area (Å²) in [6.07, 6.45) is 0.360. The number of aliphatic carboxylic acids is 1. The number of carboxylic acids is 1. The molecule has 0 aliphatic rings. The third kappa shape index (κ3) is 4.13. The van der Waals surface area contributed by atoms with Gasteiger partial charge in [-0.3, -0.25) is 4.79 Å². The molecule has 2 N–H and O–H groups in total. The minimum atomic E-state index is -0.986. The van der Waals surface area contributed by atoms with Crippen LogP contribution in [0.1, 0.15) is 20.3 Å². The van der Waals surface area contributed by atoms with Crippen LogP contribution >= 0.6 is 0 Å². The van der Waals surface area contributed by atoms with Gasteiger partial charge in [0, 0.05) is 6.42 Å². The topological polar surface area (TPSA) is 67.8 Å². The summed E-state index contributed by atoms with van der Waals surface area (Å²) in [5, 5.41) is 11.9. The molecule has 0 heterocycles. The molecule has 1 atom stereocenters. The van der Waals surface area contributed by atoms with E-state index in [0.717, 1.165) is 0 Å². The number of carboxylic acid groups (broad SMARTS) is 1. The molecular formula is C14H21NO4. The van der Waals surface area contributed by atoms with E-state index in [9.17, 15) is 4.79 Å². The van der Waals surface area contributed by atoms with E-state index < -0.39 is 11.5 Å². The van der Waals surface area contributed by atoms with Crippen molar-refractivity contribution in [3.8, 4) is 11.5 Å². The Morgan fingerprint density at radius 2 is 1.89 bits per heavy atom. The van der Waals surface area contributed by atoms with Crippen LogP contribution in [-0.4, -0.2) is 36.9 Å². The number of hydrogen-bond donors (Lipinski definition) is 2. The summed E-state index contributed by atoms with van der Waals surface area (Å²) in [4.78, 5) is 11.1. The Morgan fingerprint density at radius 3 is 2.37 bits per heavy atom. The van der Waals surface area contributed by atoms with Crippen LogP contribution in [0.2, 0.25) is 0 Å². The van der Waals surface area contributed by atoms with E-state index in [4.69, 9.17) is 14.6 Å². The highest BCUT2D eigenvalue weighted by molar-refractivity contribution is 5.78. The van der Waals surface area contributed by atoms with Crippen molar-refractivity contribution in [2.24, 2.45) is 0 Å². The van der Waals surface area contributed by atoms with Crippen molar-refractivity contribution in [2.75, 3.05) is 20.3 Å². The van der Waals surface area contributed by atoms with E-state index in [2.05, 4.69) is 5.32 Å². The second kappa shape index (κ2) is 6.99. The summed E-state index contributed by atoms with van der Waals surface area (Å²) in [6, 6.07) is 7.36. The summed E-state index contributed by atoms with van der Waals surface area (Å²) in [7, 11) is 1.63. The minimum absolute atomic E-state index is 0.299. The maximum atomic E-state index is 11.1. The molecule has 0 bridgehead atoms. The lowest BCUT2D eigenvalue weighted by Crippen LogP contribution is -2.48. The Labute approximate surface area is 113 Å². The van der Waals surface area contributed by atoms with Crippen LogP contribution in [0.25, 0.3) is 0 Å². The molecule has 1 aromatic carbocycles. The monoisotopic (exact) mass is 267 g/mol. The van der Waals surface area contributed by atoms with Crippen molar-refractivity contribution in [3.05, 3.63) is 24.3 Å². The molecular weight excluding hydrogens is 246 g/mol. The van der Waals surface area contributed by atoms with E-state index in [1.807, 2.05) is 31.2 Å². The van der Waals surface area contributed by atoms with Gasteiger partial charge in [0.2, 0.25) is 0 Å². The number of ether oxygens (including phenoxy) is 2. The first kappa shape index (κ1) is 15.3. The highest BCUT2D eigenvalue weighted by Gasteiger charge is 2.30. The minimum Gasteiger partial charge on any atom is -0.490 e. The molecule has 106 valence electrons. The van der Waals surface area contributed by atoms with Crippen molar-refractivity contribution in [1.29, 1.82) is 0 Å². The molecule has 0 aromatic heterocycles. The van der Waals surface area contributed by atoms with Crippen LogP contribution in [0.5, 0.6) is 11.5 Å². The molecule has 5 heteroatoms. The lowest BCUT2D eigenvalue weighted by molar-refractivity contribution is -0.144. The number of likely N-dealkylation sites (N-methyl/N-ethyl adjacent to an activating group) is 1. The Hall–Kier alpha value is -1.75. The lowest BCUT2D eigenvalue weighted by atomic mass is 9.99. The second-order valence-corrected chi connectivity index (χ2v) is 4.37. The normalized spacial score (nSPS) is 13.6. The summed E-state index contributed by atoms with van der Waals surface area (Å²) in [5.74, 6) is 0.413. The van der Waals surface area contributed by atoms with Gasteiger partial charge >= 0.3 is 5.97 Å². The van der Waals surface area contributed by atoms with Crippen molar-refractivity contribution < 1.29 is 19.4 Å². The van der Waals surface area contributed by atoms with Crippen LogP contribution < -0.4 is 14.8 Å². The van der Waals surface area contributed by atoms with Gasteiger partial charge in [0.05, 0.1) is 13.2 Å². The lowest BCUT2D eigenvalue weighted by Gasteiger charge is -2.24.